The third kappa shape index (κ3) is 3.67. The lowest BCUT2D eigenvalue weighted by atomic mass is 10.0. The average molecular weight is 593 g/mol. The van der Waals surface area contributed by atoms with E-state index in [1.807, 2.05) is 29.5 Å². The molecule has 4 heterocycles. The summed E-state index contributed by atoms with van der Waals surface area (Å²) in [6.45, 7) is 0. The Bertz CT molecular complexity index is 2770. The first-order valence-corrected chi connectivity index (χ1v) is 15.9. The monoisotopic (exact) mass is 592 g/mol. The number of furan rings is 1. The normalized spacial score (nSPS) is 12.0. The zero-order valence-corrected chi connectivity index (χ0v) is 24.9. The van der Waals surface area contributed by atoms with Crippen molar-refractivity contribution in [2.24, 2.45) is 0 Å². The van der Waals surface area contributed by atoms with Crippen molar-refractivity contribution in [2.75, 3.05) is 0 Å². The van der Waals surface area contributed by atoms with Gasteiger partial charge in [-0.25, -0.2) is 4.98 Å². The van der Waals surface area contributed by atoms with Gasteiger partial charge in [0.1, 0.15) is 11.2 Å². The van der Waals surface area contributed by atoms with Gasteiger partial charge in [0.05, 0.1) is 28.1 Å². The number of thiophene rings is 1. The van der Waals surface area contributed by atoms with Gasteiger partial charge in [0.2, 0.25) is 0 Å². The molecule has 0 saturated heterocycles. The van der Waals surface area contributed by atoms with Crippen LogP contribution in [0.3, 0.4) is 0 Å². The van der Waals surface area contributed by atoms with Crippen molar-refractivity contribution in [1.29, 1.82) is 0 Å². The van der Waals surface area contributed by atoms with Gasteiger partial charge in [-0.3, -0.25) is 0 Å². The highest BCUT2D eigenvalue weighted by Crippen LogP contribution is 2.44. The molecule has 3 nitrogen and oxygen atoms in total. The zero-order valence-electron chi connectivity index (χ0n) is 24.1. The Morgan fingerprint density at radius 2 is 1.18 bits per heavy atom. The van der Waals surface area contributed by atoms with E-state index in [0.717, 1.165) is 50.1 Å². The highest BCUT2D eigenvalue weighted by molar-refractivity contribution is 7.26. The summed E-state index contributed by atoms with van der Waals surface area (Å²) >= 11 is 1.88. The smallest absolute Gasteiger partial charge is 0.136 e. The number of nitrogens with zero attached hydrogens (tertiary/aromatic N) is 2. The summed E-state index contributed by atoms with van der Waals surface area (Å²) in [5.41, 5.74) is 9.16. The number of fused-ring (bicyclic) bond motifs is 10. The largest absolute Gasteiger partial charge is 0.456 e. The standard InChI is InChI=1S/C41H24N2OS/c1-2-10-25(11-3-1)33-23-27(24-34(42-33)26-18-19-29-28-12-5-8-16-37(28)44-38(29)22-26)43-35-15-7-4-14-32(35)40-36(43)21-20-31-30-13-6-9-17-39(30)45-41(31)40/h1-24H. The van der Waals surface area contributed by atoms with Crippen LogP contribution in [0.4, 0.5) is 0 Å². The first-order chi connectivity index (χ1) is 22.3. The fraction of sp³-hybridized carbons (Fsp3) is 0. The Morgan fingerprint density at radius 1 is 0.489 bits per heavy atom. The van der Waals surface area contributed by atoms with Crippen LogP contribution in [0, 0.1) is 0 Å². The molecule has 0 unspecified atom stereocenters. The SMILES string of the molecule is c1ccc(-c2cc(-n3c4ccccc4c4c5sc6ccccc6c5ccc43)cc(-c3ccc4c(c3)oc3ccccc34)n2)cc1. The molecule has 0 spiro atoms. The molecule has 4 aromatic heterocycles. The van der Waals surface area contributed by atoms with Gasteiger partial charge in [0.15, 0.2) is 0 Å². The lowest BCUT2D eigenvalue weighted by Gasteiger charge is -2.13. The summed E-state index contributed by atoms with van der Waals surface area (Å²) in [5.74, 6) is 0. The van der Waals surface area contributed by atoms with Crippen LogP contribution in [0.5, 0.6) is 0 Å². The van der Waals surface area contributed by atoms with E-state index >= 15 is 0 Å². The molecule has 0 N–H and O–H groups in total. The van der Waals surface area contributed by atoms with Gasteiger partial charge in [-0.1, -0.05) is 97.1 Å². The minimum atomic E-state index is 0.867. The number of para-hydroxylation sites is 2. The molecule has 0 saturated carbocycles. The third-order valence-corrected chi connectivity index (χ3v) is 10.2. The minimum absolute atomic E-state index is 0.867. The van der Waals surface area contributed by atoms with E-state index in [1.54, 1.807) is 0 Å². The number of rotatable bonds is 3. The first kappa shape index (κ1) is 24.7. The number of aromatic nitrogens is 2. The van der Waals surface area contributed by atoms with Crippen LogP contribution in [-0.2, 0) is 0 Å². The maximum atomic E-state index is 6.28. The quantitative estimate of drug-likeness (QED) is 0.204. The van der Waals surface area contributed by atoms with Gasteiger partial charge < -0.3 is 8.98 Å². The fourth-order valence-electron chi connectivity index (χ4n) is 6.95. The molecule has 0 radical (unpaired) electrons. The second-order valence-corrected chi connectivity index (χ2v) is 12.6. The summed E-state index contributed by atoms with van der Waals surface area (Å²) in [4.78, 5) is 5.23. The highest BCUT2D eigenvalue weighted by Gasteiger charge is 2.19. The van der Waals surface area contributed by atoms with E-state index < -0.39 is 0 Å². The second kappa shape index (κ2) is 9.39. The number of hydrogen-bond acceptors (Lipinski definition) is 3. The predicted octanol–water partition coefficient (Wildman–Crippen LogP) is 11.8. The second-order valence-electron chi connectivity index (χ2n) is 11.6. The molecule has 0 fully saturated rings. The number of benzene rings is 6. The Balaban J connectivity index is 1.27. The van der Waals surface area contributed by atoms with Gasteiger partial charge in [-0.05, 0) is 48.5 Å². The van der Waals surface area contributed by atoms with E-state index in [0.29, 0.717) is 0 Å². The molecule has 10 aromatic rings. The molecule has 0 aliphatic rings. The number of pyridine rings is 1. The molecule has 10 rings (SSSR count). The van der Waals surface area contributed by atoms with Crippen molar-refractivity contribution in [2.45, 2.75) is 0 Å². The molecular weight excluding hydrogens is 569 g/mol. The molecule has 0 atom stereocenters. The van der Waals surface area contributed by atoms with Crippen LogP contribution in [0.2, 0.25) is 0 Å². The molecule has 0 aliphatic carbocycles. The first-order valence-electron chi connectivity index (χ1n) is 15.1. The fourth-order valence-corrected chi connectivity index (χ4v) is 8.21. The van der Waals surface area contributed by atoms with Gasteiger partial charge in [-0.15, -0.1) is 11.3 Å². The van der Waals surface area contributed by atoms with E-state index in [2.05, 4.69) is 132 Å². The van der Waals surface area contributed by atoms with Crippen molar-refractivity contribution >= 4 is 75.3 Å². The van der Waals surface area contributed by atoms with Crippen molar-refractivity contribution in [3.63, 3.8) is 0 Å². The summed E-state index contributed by atoms with van der Waals surface area (Å²) < 4.78 is 11.3. The van der Waals surface area contributed by atoms with Gasteiger partial charge in [0, 0.05) is 52.8 Å². The van der Waals surface area contributed by atoms with Gasteiger partial charge >= 0.3 is 0 Å². The van der Waals surface area contributed by atoms with E-state index in [9.17, 15) is 0 Å². The lowest BCUT2D eigenvalue weighted by Crippen LogP contribution is -1.98. The van der Waals surface area contributed by atoms with Crippen LogP contribution in [-0.4, -0.2) is 9.55 Å². The van der Waals surface area contributed by atoms with Crippen LogP contribution in [0.1, 0.15) is 0 Å². The maximum Gasteiger partial charge on any atom is 0.136 e. The van der Waals surface area contributed by atoms with Crippen LogP contribution in [0.25, 0.3) is 92.1 Å². The average Bonchev–Trinajstić information content (AvgIpc) is 3.77. The lowest BCUT2D eigenvalue weighted by molar-refractivity contribution is 0.669. The Kier molecular flexibility index (Phi) is 5.16. The van der Waals surface area contributed by atoms with Crippen molar-refractivity contribution in [1.82, 2.24) is 9.55 Å². The minimum Gasteiger partial charge on any atom is -0.456 e. The molecular formula is C41H24N2OS. The maximum absolute atomic E-state index is 6.28. The third-order valence-electron chi connectivity index (χ3n) is 8.99. The zero-order chi connectivity index (χ0) is 29.5. The van der Waals surface area contributed by atoms with Crippen molar-refractivity contribution < 1.29 is 4.42 Å². The van der Waals surface area contributed by atoms with Crippen molar-refractivity contribution in [3.05, 3.63) is 146 Å². The van der Waals surface area contributed by atoms with E-state index in [-0.39, 0.29) is 0 Å². The molecule has 45 heavy (non-hydrogen) atoms. The van der Waals surface area contributed by atoms with Crippen molar-refractivity contribution in [3.8, 4) is 28.2 Å². The van der Waals surface area contributed by atoms with E-state index in [4.69, 9.17) is 9.40 Å². The summed E-state index contributed by atoms with van der Waals surface area (Å²) in [5, 5.41) is 7.42. The topological polar surface area (TPSA) is 31.0 Å². The molecule has 4 heteroatoms. The van der Waals surface area contributed by atoms with Crippen LogP contribution in [0.15, 0.2) is 150 Å². The summed E-state index contributed by atoms with van der Waals surface area (Å²) in [6.07, 6.45) is 0. The van der Waals surface area contributed by atoms with Crippen LogP contribution < -0.4 is 0 Å². The van der Waals surface area contributed by atoms with E-state index in [1.165, 1.54) is 42.0 Å². The van der Waals surface area contributed by atoms with Gasteiger partial charge in [0.25, 0.3) is 0 Å². The molecule has 0 amide bonds. The molecule has 0 bridgehead atoms. The van der Waals surface area contributed by atoms with Gasteiger partial charge in [-0.2, -0.15) is 0 Å². The Labute approximate surface area is 262 Å². The summed E-state index contributed by atoms with van der Waals surface area (Å²) in [6, 6.07) is 51.6. The molecule has 0 aliphatic heterocycles. The summed E-state index contributed by atoms with van der Waals surface area (Å²) in [7, 11) is 0. The predicted molar refractivity (Wildman–Crippen MR) is 190 cm³/mol. The molecule has 210 valence electrons. The Morgan fingerprint density at radius 3 is 2.07 bits per heavy atom. The highest BCUT2D eigenvalue weighted by atomic mass is 32.1. The Hall–Kier alpha value is -5.71. The van der Waals surface area contributed by atoms with Crippen LogP contribution >= 0.6 is 11.3 Å². The number of hydrogen-bond donors (Lipinski definition) is 0. The molecule has 6 aromatic carbocycles.